The summed E-state index contributed by atoms with van der Waals surface area (Å²) in [4.78, 5) is 62.7. The number of amides is 4. The van der Waals surface area contributed by atoms with Crippen molar-refractivity contribution in [2.45, 2.75) is 113 Å². The highest BCUT2D eigenvalue weighted by atomic mass is 35.5. The van der Waals surface area contributed by atoms with Crippen molar-refractivity contribution in [3.8, 4) is 17.4 Å². The van der Waals surface area contributed by atoms with Gasteiger partial charge in [-0.15, -0.1) is 0 Å². The maximum Gasteiger partial charge on any atom is 0.272 e. The Bertz CT molecular complexity index is 2260. The van der Waals surface area contributed by atoms with Crippen LogP contribution in [0.2, 0.25) is 5.02 Å². The lowest BCUT2D eigenvalue weighted by molar-refractivity contribution is -0.141. The van der Waals surface area contributed by atoms with Gasteiger partial charge in [0.05, 0.1) is 29.5 Å². The molecule has 312 valence electrons. The van der Waals surface area contributed by atoms with Crippen LogP contribution in [0.25, 0.3) is 10.9 Å². The van der Waals surface area contributed by atoms with Crippen LogP contribution in [0.3, 0.4) is 0 Å². The Kier molecular flexibility index (Phi) is 11.4. The predicted octanol–water partition coefficient (Wildman–Crippen LogP) is 3.96. The third-order valence-electron chi connectivity index (χ3n) is 11.4. The Hall–Kier alpha value is -4.90. The quantitative estimate of drug-likeness (QED) is 0.250. The summed E-state index contributed by atoms with van der Waals surface area (Å²) in [6, 6.07) is 4.39. The Morgan fingerprint density at radius 2 is 1.90 bits per heavy atom. The Labute approximate surface area is 342 Å². The topological polar surface area (TPSA) is 200 Å². The highest BCUT2D eigenvalue weighted by molar-refractivity contribution is 7.91. The molecule has 16 nitrogen and oxygen atoms in total. The summed E-state index contributed by atoms with van der Waals surface area (Å²) in [5, 5.41) is 10.8. The van der Waals surface area contributed by atoms with Crippen LogP contribution in [-0.4, -0.2) is 99.9 Å². The van der Waals surface area contributed by atoms with E-state index in [-0.39, 0.29) is 37.1 Å². The van der Waals surface area contributed by atoms with Gasteiger partial charge in [-0.05, 0) is 77.5 Å². The molecule has 3 aromatic rings. The number of fused-ring (bicyclic) bond motifs is 3. The minimum Gasteiger partial charge on any atom is -0.493 e. The number of carbonyl (C=O) groups excluding carboxylic acids is 4. The number of ether oxygens (including phenoxy) is 3. The van der Waals surface area contributed by atoms with Gasteiger partial charge >= 0.3 is 0 Å². The predicted molar refractivity (Wildman–Crippen MR) is 214 cm³/mol. The van der Waals surface area contributed by atoms with Crippen LogP contribution < -0.4 is 29.6 Å². The van der Waals surface area contributed by atoms with E-state index in [1.54, 1.807) is 44.4 Å². The Morgan fingerprint density at radius 1 is 1.12 bits per heavy atom. The average molecular weight is 840 g/mol. The van der Waals surface area contributed by atoms with E-state index in [0.29, 0.717) is 59.5 Å². The zero-order valence-corrected chi connectivity index (χ0v) is 34.8. The lowest BCUT2D eigenvalue weighted by Crippen LogP contribution is -2.58. The van der Waals surface area contributed by atoms with E-state index in [9.17, 15) is 27.6 Å². The molecule has 0 unspecified atom stereocenters. The van der Waals surface area contributed by atoms with E-state index in [2.05, 4.69) is 25.4 Å². The van der Waals surface area contributed by atoms with Crippen molar-refractivity contribution in [2.75, 3.05) is 13.7 Å². The van der Waals surface area contributed by atoms with Gasteiger partial charge in [-0.3, -0.25) is 28.6 Å². The summed E-state index contributed by atoms with van der Waals surface area (Å²) in [6.45, 7) is 5.23. The number of rotatable bonds is 10. The van der Waals surface area contributed by atoms with Gasteiger partial charge in [0, 0.05) is 37.0 Å². The highest BCUT2D eigenvalue weighted by Gasteiger charge is 2.63. The van der Waals surface area contributed by atoms with Gasteiger partial charge in [0.1, 0.15) is 40.7 Å². The number of sulfonamides is 1. The molecular weight excluding hydrogens is 790 g/mol. The van der Waals surface area contributed by atoms with Crippen LogP contribution >= 0.6 is 11.6 Å². The monoisotopic (exact) mass is 839 g/mol. The first kappa shape index (κ1) is 41.3. The fourth-order valence-corrected chi connectivity index (χ4v) is 9.22. The first-order valence-corrected chi connectivity index (χ1v) is 21.6. The van der Waals surface area contributed by atoms with Crippen molar-refractivity contribution >= 4 is 56.2 Å². The van der Waals surface area contributed by atoms with Gasteiger partial charge in [-0.2, -0.15) is 5.10 Å². The Morgan fingerprint density at radius 3 is 2.59 bits per heavy atom. The van der Waals surface area contributed by atoms with E-state index >= 15 is 0 Å². The van der Waals surface area contributed by atoms with Crippen LogP contribution in [0.4, 0.5) is 0 Å². The molecule has 2 aromatic heterocycles. The van der Waals surface area contributed by atoms with Crippen LogP contribution in [0.1, 0.15) is 89.0 Å². The summed E-state index contributed by atoms with van der Waals surface area (Å²) in [7, 11) is -0.858. The van der Waals surface area contributed by atoms with Crippen molar-refractivity contribution in [2.24, 2.45) is 13.0 Å². The minimum atomic E-state index is -4.02. The first-order valence-electron chi connectivity index (χ1n) is 19.7. The zero-order valence-electron chi connectivity index (χ0n) is 33.2. The zero-order chi connectivity index (χ0) is 41.6. The molecule has 3 N–H and O–H groups in total. The summed E-state index contributed by atoms with van der Waals surface area (Å²) < 4.78 is 47.3. The standard InChI is InChI=1S/C40H50ClN7O9S/c1-23(2)56-32-20-31(26-13-14-27(41)34(55-5)33(26)43-32)57-25-19-30-36(50)44-40(38(52)46-58(53,54)39(3)16-17-39)21-24(40)11-9-7-6-8-10-12-29(37(51)48(30)22-25)42-35(49)28-15-18-47(4)45-28/h9,11,13-15,18,20,23-25,29-30H,6-8,10,12,16-17,19,21-22H2,1-5H3,(H,42,49)(H,44,50)(H,46,52)/t24-,25-,29+,30+,40-/m1/s1. The highest BCUT2D eigenvalue weighted by Crippen LogP contribution is 2.48. The van der Waals surface area contributed by atoms with Crippen LogP contribution in [0, 0.1) is 5.92 Å². The van der Waals surface area contributed by atoms with Crippen molar-refractivity contribution in [3.05, 3.63) is 53.3 Å². The number of hydrogen-bond acceptors (Lipinski definition) is 11. The van der Waals surface area contributed by atoms with Gasteiger partial charge in [0.25, 0.3) is 11.8 Å². The molecule has 2 saturated carbocycles. The summed E-state index contributed by atoms with van der Waals surface area (Å²) in [5.74, 6) is -2.07. The molecule has 2 aliphatic heterocycles. The molecule has 18 heteroatoms. The lowest BCUT2D eigenvalue weighted by atomic mass is 10.0. The molecule has 4 heterocycles. The summed E-state index contributed by atoms with van der Waals surface area (Å²) in [5.41, 5.74) is -1.03. The Balaban J connectivity index is 1.23. The number of carbonyl (C=O) groups is 4. The van der Waals surface area contributed by atoms with E-state index in [1.165, 1.54) is 16.7 Å². The maximum absolute atomic E-state index is 14.7. The molecule has 4 amide bonds. The number of pyridine rings is 1. The minimum absolute atomic E-state index is 0.00195. The molecule has 5 atom stereocenters. The second-order valence-corrected chi connectivity index (χ2v) is 18.8. The summed E-state index contributed by atoms with van der Waals surface area (Å²) in [6.07, 6.45) is 8.57. The lowest BCUT2D eigenvalue weighted by Gasteiger charge is -2.30. The molecular formula is C40H50ClN7O9S. The average Bonchev–Trinajstić information content (AvgIpc) is 3.96. The van der Waals surface area contributed by atoms with Gasteiger partial charge in [-0.25, -0.2) is 13.4 Å². The number of allylic oxidation sites excluding steroid dienone is 1. The molecule has 1 aromatic carbocycles. The second-order valence-electron chi connectivity index (χ2n) is 16.2. The summed E-state index contributed by atoms with van der Waals surface area (Å²) >= 11 is 6.47. The van der Waals surface area contributed by atoms with E-state index in [0.717, 1.165) is 12.8 Å². The van der Waals surface area contributed by atoms with Gasteiger partial charge in [0.15, 0.2) is 5.75 Å². The number of halogens is 1. The van der Waals surface area contributed by atoms with E-state index in [1.807, 2.05) is 26.0 Å². The fraction of sp³-hybridized carbons (Fsp3) is 0.550. The first-order chi connectivity index (χ1) is 27.5. The molecule has 1 saturated heterocycles. The van der Waals surface area contributed by atoms with Crippen molar-refractivity contribution in [1.29, 1.82) is 0 Å². The number of nitrogens with zero attached hydrogens (tertiary/aromatic N) is 4. The van der Waals surface area contributed by atoms with Gasteiger partial charge in [-0.1, -0.05) is 36.6 Å². The SMILES string of the molecule is COc1c(Cl)ccc2c(O[C@@H]3C[C@H]4C(=O)N[C@]5(C(=O)NS(=O)(=O)C6(C)CC6)C[C@H]5C=CCCCCC[C@H](NC(=O)c5ccn(C)n5)C(=O)N4C3)cc(OC(C)C)nc12. The van der Waals surface area contributed by atoms with E-state index < -0.39 is 68.0 Å². The molecule has 0 radical (unpaired) electrons. The fourth-order valence-electron chi connectivity index (χ4n) is 7.68. The van der Waals surface area contributed by atoms with Crippen molar-refractivity contribution in [3.63, 3.8) is 0 Å². The van der Waals surface area contributed by atoms with Crippen molar-refractivity contribution in [1.82, 2.24) is 35.0 Å². The molecule has 58 heavy (non-hydrogen) atoms. The molecule has 0 bridgehead atoms. The van der Waals surface area contributed by atoms with Gasteiger partial charge in [0.2, 0.25) is 27.7 Å². The second kappa shape index (κ2) is 16.0. The molecule has 4 aliphatic rings. The number of hydrogen-bond donors (Lipinski definition) is 3. The maximum atomic E-state index is 14.7. The molecule has 3 fully saturated rings. The number of nitrogens with one attached hydrogen (secondary N) is 3. The number of aromatic nitrogens is 3. The number of benzene rings is 1. The number of methoxy groups -OCH3 is 1. The largest absolute Gasteiger partial charge is 0.493 e. The number of aryl methyl sites for hydroxylation is 1. The molecule has 7 rings (SSSR count). The molecule has 0 spiro atoms. The van der Waals surface area contributed by atoms with E-state index in [4.69, 9.17) is 25.8 Å². The van der Waals surface area contributed by atoms with Crippen LogP contribution in [-0.2, 0) is 31.5 Å². The smallest absolute Gasteiger partial charge is 0.272 e. The molecule has 2 aliphatic carbocycles. The van der Waals surface area contributed by atoms with Crippen LogP contribution in [0.5, 0.6) is 17.4 Å². The van der Waals surface area contributed by atoms with Gasteiger partial charge < -0.3 is 29.7 Å². The van der Waals surface area contributed by atoms with Crippen molar-refractivity contribution < 1.29 is 41.8 Å². The third-order valence-corrected chi connectivity index (χ3v) is 13.9. The third kappa shape index (κ3) is 8.33. The van der Waals surface area contributed by atoms with Crippen LogP contribution in [0.15, 0.2) is 42.6 Å². The normalized spacial score (nSPS) is 25.8.